The van der Waals surface area contributed by atoms with Crippen LogP contribution in [0.1, 0.15) is 0 Å². The first-order valence-corrected chi connectivity index (χ1v) is 9.97. The van der Waals surface area contributed by atoms with E-state index in [1.54, 1.807) is 12.4 Å². The number of aromatic amines is 1. The fourth-order valence-corrected chi connectivity index (χ4v) is 3.66. The second-order valence-electron chi connectivity index (χ2n) is 7.11. The van der Waals surface area contributed by atoms with Crippen LogP contribution in [0.5, 0.6) is 0 Å². The molecule has 1 aliphatic heterocycles. The van der Waals surface area contributed by atoms with Crippen LogP contribution >= 0.6 is 0 Å². The van der Waals surface area contributed by atoms with Gasteiger partial charge in [-0.3, -0.25) is 10.1 Å². The molecule has 10 nitrogen and oxygen atoms in total. The summed E-state index contributed by atoms with van der Waals surface area (Å²) in [6.45, 7) is 2.73. The molecule has 6 heterocycles. The first-order valence-electron chi connectivity index (χ1n) is 9.97. The zero-order valence-corrected chi connectivity index (χ0v) is 16.4. The number of furan rings is 1. The fourth-order valence-electron chi connectivity index (χ4n) is 3.66. The Morgan fingerprint density at radius 1 is 1.00 bits per heavy atom. The van der Waals surface area contributed by atoms with E-state index >= 15 is 0 Å². The lowest BCUT2D eigenvalue weighted by Gasteiger charge is -2.27. The predicted molar refractivity (Wildman–Crippen MR) is 115 cm³/mol. The second kappa shape index (κ2) is 7.33. The van der Waals surface area contributed by atoms with Crippen LogP contribution in [-0.2, 0) is 4.74 Å². The number of aromatic nitrogens is 6. The van der Waals surface area contributed by atoms with Crippen LogP contribution in [0, 0.1) is 0 Å². The maximum Gasteiger partial charge on any atom is 0.231 e. The lowest BCUT2D eigenvalue weighted by Crippen LogP contribution is -2.37. The van der Waals surface area contributed by atoms with E-state index < -0.39 is 0 Å². The smallest absolute Gasteiger partial charge is 0.231 e. The van der Waals surface area contributed by atoms with Crippen molar-refractivity contribution in [3.63, 3.8) is 0 Å². The molecule has 31 heavy (non-hydrogen) atoms. The summed E-state index contributed by atoms with van der Waals surface area (Å²) in [7, 11) is 0. The highest BCUT2D eigenvalue weighted by Gasteiger charge is 2.22. The van der Waals surface area contributed by atoms with Gasteiger partial charge in [-0.15, -0.1) is 0 Å². The van der Waals surface area contributed by atoms with Gasteiger partial charge in [-0.2, -0.15) is 10.1 Å². The molecule has 0 atom stereocenters. The van der Waals surface area contributed by atoms with Gasteiger partial charge >= 0.3 is 0 Å². The lowest BCUT2D eigenvalue weighted by molar-refractivity contribution is 0.122. The highest BCUT2D eigenvalue weighted by molar-refractivity contribution is 6.05. The quantitative estimate of drug-likeness (QED) is 0.457. The number of fused-ring (bicyclic) bond motifs is 3. The Labute approximate surface area is 176 Å². The third kappa shape index (κ3) is 3.22. The molecule has 1 aliphatic rings. The monoisotopic (exact) mass is 414 g/mol. The summed E-state index contributed by atoms with van der Waals surface area (Å²) < 4.78 is 11.5. The Hall–Kier alpha value is -4.05. The van der Waals surface area contributed by atoms with Gasteiger partial charge in [0, 0.05) is 31.5 Å². The van der Waals surface area contributed by atoms with Gasteiger partial charge in [-0.1, -0.05) is 6.07 Å². The minimum Gasteiger partial charge on any atom is -0.432 e. The summed E-state index contributed by atoms with van der Waals surface area (Å²) in [5.41, 5.74) is 3.48. The minimum absolute atomic E-state index is 0.430. The van der Waals surface area contributed by atoms with Gasteiger partial charge < -0.3 is 19.4 Å². The molecule has 154 valence electrons. The van der Waals surface area contributed by atoms with E-state index in [0.29, 0.717) is 47.6 Å². The molecule has 10 heteroatoms. The number of H-pyrrole nitrogens is 1. The minimum atomic E-state index is 0.430. The summed E-state index contributed by atoms with van der Waals surface area (Å²) in [4.78, 5) is 20.3. The molecular formula is C21H18N8O2. The zero-order chi connectivity index (χ0) is 20.6. The second-order valence-corrected chi connectivity index (χ2v) is 7.11. The van der Waals surface area contributed by atoms with Gasteiger partial charge in [-0.25, -0.2) is 9.97 Å². The van der Waals surface area contributed by atoms with E-state index in [2.05, 4.69) is 30.4 Å². The molecule has 0 amide bonds. The van der Waals surface area contributed by atoms with Crippen LogP contribution < -0.4 is 10.2 Å². The van der Waals surface area contributed by atoms with Gasteiger partial charge in [0.2, 0.25) is 11.7 Å². The molecule has 5 aromatic heterocycles. The van der Waals surface area contributed by atoms with Crippen LogP contribution in [0.25, 0.3) is 33.6 Å². The van der Waals surface area contributed by atoms with Crippen molar-refractivity contribution in [3.05, 3.63) is 48.8 Å². The Kier molecular flexibility index (Phi) is 4.20. The van der Waals surface area contributed by atoms with E-state index in [9.17, 15) is 0 Å². The third-order valence-electron chi connectivity index (χ3n) is 5.14. The first-order chi connectivity index (χ1) is 15.3. The van der Waals surface area contributed by atoms with Crippen LogP contribution in [0.3, 0.4) is 0 Å². The molecule has 0 radical (unpaired) electrons. The Balaban J connectivity index is 1.43. The highest BCUT2D eigenvalue weighted by atomic mass is 16.5. The number of hydrogen-bond donors (Lipinski definition) is 2. The Bertz CT molecular complexity index is 1360. The summed E-state index contributed by atoms with van der Waals surface area (Å²) >= 11 is 0. The maximum absolute atomic E-state index is 6.03. The normalized spacial score (nSPS) is 14.4. The Morgan fingerprint density at radius 3 is 2.77 bits per heavy atom. The maximum atomic E-state index is 6.03. The summed E-state index contributed by atoms with van der Waals surface area (Å²) in [5.74, 6) is 1.74. The fraction of sp³-hybridized carbons (Fsp3) is 0.190. The molecule has 0 saturated carbocycles. The molecular weight excluding hydrogens is 396 g/mol. The predicted octanol–water partition coefficient (Wildman–Crippen LogP) is 3.14. The van der Waals surface area contributed by atoms with Crippen molar-refractivity contribution in [2.24, 2.45) is 0 Å². The number of nitrogens with zero attached hydrogens (tertiary/aromatic N) is 6. The van der Waals surface area contributed by atoms with Crippen molar-refractivity contribution in [2.45, 2.75) is 0 Å². The van der Waals surface area contributed by atoms with Crippen molar-refractivity contribution in [1.82, 2.24) is 30.1 Å². The van der Waals surface area contributed by atoms with Crippen molar-refractivity contribution in [1.29, 1.82) is 0 Å². The van der Waals surface area contributed by atoms with Gasteiger partial charge in [0.1, 0.15) is 5.52 Å². The number of morpholine rings is 1. The third-order valence-corrected chi connectivity index (χ3v) is 5.14. The zero-order valence-electron chi connectivity index (χ0n) is 16.4. The average molecular weight is 414 g/mol. The molecule has 1 saturated heterocycles. The van der Waals surface area contributed by atoms with E-state index in [-0.39, 0.29) is 0 Å². The average Bonchev–Trinajstić information content (AvgIpc) is 3.45. The number of anilines is 3. The molecule has 2 N–H and O–H groups in total. The molecule has 0 spiro atoms. The number of rotatable bonds is 4. The van der Waals surface area contributed by atoms with E-state index in [1.165, 1.54) is 0 Å². The molecule has 0 aliphatic carbocycles. The molecule has 1 fully saturated rings. The van der Waals surface area contributed by atoms with Crippen molar-refractivity contribution >= 4 is 39.8 Å². The highest BCUT2D eigenvalue weighted by Crippen LogP contribution is 2.33. The SMILES string of the molecule is c1ccc(-c2cc(Nc3nc(N4CCOCC4)c4oc5ncccc5c4n3)n[nH]2)nc1. The standard InChI is InChI=1S/C21H18N8O2/c1-2-6-22-14(5-1)15-12-16(28-27-15)24-21-25-17-13-4-3-7-23-20(13)31-18(17)19(26-21)29-8-10-30-11-9-29/h1-7,12H,8-11H2,(H2,24,25,26,27,28). The van der Waals surface area contributed by atoms with Gasteiger partial charge in [-0.05, 0) is 24.3 Å². The molecule has 0 unspecified atom stereocenters. The number of ether oxygens (including phenoxy) is 1. The van der Waals surface area contributed by atoms with Crippen LogP contribution in [-0.4, -0.2) is 56.4 Å². The van der Waals surface area contributed by atoms with E-state index in [4.69, 9.17) is 19.1 Å². The largest absolute Gasteiger partial charge is 0.432 e. The van der Waals surface area contributed by atoms with Crippen molar-refractivity contribution < 1.29 is 9.15 Å². The van der Waals surface area contributed by atoms with Crippen LogP contribution in [0.15, 0.2) is 53.2 Å². The van der Waals surface area contributed by atoms with E-state index in [1.807, 2.05) is 36.4 Å². The van der Waals surface area contributed by atoms with Crippen molar-refractivity contribution in [3.8, 4) is 11.4 Å². The summed E-state index contributed by atoms with van der Waals surface area (Å²) in [5, 5.41) is 11.4. The van der Waals surface area contributed by atoms with Crippen molar-refractivity contribution in [2.75, 3.05) is 36.5 Å². The van der Waals surface area contributed by atoms with Gasteiger partial charge in [0.05, 0.1) is 30.0 Å². The molecule has 5 aromatic rings. The number of hydrogen-bond acceptors (Lipinski definition) is 9. The number of nitrogens with one attached hydrogen (secondary N) is 2. The van der Waals surface area contributed by atoms with Crippen LogP contribution in [0.2, 0.25) is 0 Å². The molecule has 0 aromatic carbocycles. The van der Waals surface area contributed by atoms with Gasteiger partial charge in [0.25, 0.3) is 0 Å². The summed E-state index contributed by atoms with van der Waals surface area (Å²) in [6, 6.07) is 11.4. The number of pyridine rings is 2. The summed E-state index contributed by atoms with van der Waals surface area (Å²) in [6.07, 6.45) is 3.45. The lowest BCUT2D eigenvalue weighted by atomic mass is 10.3. The Morgan fingerprint density at radius 2 is 1.90 bits per heavy atom. The van der Waals surface area contributed by atoms with E-state index in [0.717, 1.165) is 29.9 Å². The van der Waals surface area contributed by atoms with Crippen LogP contribution in [0.4, 0.5) is 17.6 Å². The molecule has 0 bridgehead atoms. The molecule has 6 rings (SSSR count). The first kappa shape index (κ1) is 17.8. The topological polar surface area (TPSA) is 118 Å². The van der Waals surface area contributed by atoms with Gasteiger partial charge in [0.15, 0.2) is 17.2 Å².